The van der Waals surface area contributed by atoms with Crippen molar-refractivity contribution in [2.75, 3.05) is 13.2 Å². The highest BCUT2D eigenvalue weighted by atomic mass is 28.4. The Bertz CT molecular complexity index is 2550. The number of hydrogen-bond donors (Lipinski definition) is 3. The van der Waals surface area contributed by atoms with Crippen molar-refractivity contribution in [2.45, 2.75) is 95.4 Å². The van der Waals surface area contributed by atoms with Crippen LogP contribution in [0, 0.1) is 11.8 Å². The van der Waals surface area contributed by atoms with Crippen molar-refractivity contribution in [1.82, 2.24) is 14.1 Å². The van der Waals surface area contributed by atoms with Crippen LogP contribution in [0.15, 0.2) is 120 Å². The maximum absolute atomic E-state index is 10.6. The highest BCUT2D eigenvalue weighted by Crippen LogP contribution is 2.49. The summed E-state index contributed by atoms with van der Waals surface area (Å²) in [4.78, 5) is 27.4. The maximum Gasteiger partial charge on any atom is 0.599 e. The van der Waals surface area contributed by atoms with Crippen molar-refractivity contribution in [3.63, 3.8) is 0 Å². The minimum atomic E-state index is -4.11. The quantitative estimate of drug-likeness (QED) is 0.219. The van der Waals surface area contributed by atoms with Crippen molar-refractivity contribution in [3.8, 4) is 0 Å². The Morgan fingerprint density at radius 1 is 0.644 bits per heavy atom. The molecule has 13 heteroatoms. The molecule has 59 heavy (non-hydrogen) atoms. The van der Waals surface area contributed by atoms with Gasteiger partial charge in [0.25, 0.3) is 0 Å². The number of nitrogens with one attached hydrogen (secondary N) is 1. The number of fused-ring (bicyclic) bond motifs is 12. The molecule has 9 aliphatic rings. The fourth-order valence-corrected chi connectivity index (χ4v) is 14.2. The Hall–Kier alpha value is -5.05. The second-order valence-electron chi connectivity index (χ2n) is 17.4. The zero-order valence-corrected chi connectivity index (χ0v) is 34.1. The zero-order chi connectivity index (χ0) is 39.2. The predicted octanol–water partition coefficient (Wildman–Crippen LogP) is 7.62. The summed E-state index contributed by atoms with van der Waals surface area (Å²) >= 11 is 0. The molecule has 3 N–H and O–H groups in total. The molecule has 1 aromatic heterocycles. The summed E-state index contributed by atoms with van der Waals surface area (Å²) in [7, 11) is -4.11. The number of amidine groups is 5. The van der Waals surface area contributed by atoms with Gasteiger partial charge < -0.3 is 24.4 Å². The predicted molar refractivity (Wildman–Crippen MR) is 231 cm³/mol. The normalized spacial score (nSPS) is 32.9. The molecule has 1 unspecified atom stereocenters. The number of benzene rings is 2. The van der Waals surface area contributed by atoms with E-state index >= 15 is 0 Å². The van der Waals surface area contributed by atoms with Gasteiger partial charge in [0, 0.05) is 57.4 Å². The van der Waals surface area contributed by atoms with Crippen LogP contribution < -0.4 is 5.32 Å². The highest BCUT2D eigenvalue weighted by Gasteiger charge is 2.61. The van der Waals surface area contributed by atoms with Crippen molar-refractivity contribution in [1.29, 1.82) is 0 Å². The molecule has 0 radical (unpaired) electrons. The molecular weight excluding hydrogens is 757 g/mol. The first-order valence-electron chi connectivity index (χ1n) is 21.7. The lowest BCUT2D eigenvalue weighted by Gasteiger charge is -2.44. The first-order valence-corrected chi connectivity index (χ1v) is 23.4. The molecule has 300 valence electrons. The van der Waals surface area contributed by atoms with E-state index in [4.69, 9.17) is 33.8 Å². The number of rotatable bonds is 6. The number of aromatic nitrogens is 1. The molecule has 3 aromatic rings. The van der Waals surface area contributed by atoms with E-state index in [-0.39, 0.29) is 24.0 Å². The smallest absolute Gasteiger partial charge is 0.393 e. The van der Waals surface area contributed by atoms with Crippen LogP contribution in [0.5, 0.6) is 0 Å². The average Bonchev–Trinajstić information content (AvgIpc) is 3.99. The van der Waals surface area contributed by atoms with E-state index < -0.39 is 15.0 Å². The van der Waals surface area contributed by atoms with Crippen LogP contribution in [0.3, 0.4) is 0 Å². The van der Waals surface area contributed by atoms with Crippen LogP contribution in [-0.4, -0.2) is 82.5 Å². The summed E-state index contributed by atoms with van der Waals surface area (Å²) in [6.45, 7) is 0.874. The monoisotopic (exact) mass is 804 g/mol. The number of hydrogen-bond acceptors (Lipinski definition) is 11. The lowest BCUT2D eigenvalue weighted by molar-refractivity contribution is 0.0419. The SMILES string of the molecule is OC1CCC(CO[Si]2(OCC3CCC(O)CC3)N3/C4=N\C5=NC(=N\c6c7ccccc7c(n62)/N=C2\N=C(NC3c3ccccc34)C3=C2C=CCC3)/C2=C5C=CCC2)CC1. The van der Waals surface area contributed by atoms with E-state index in [9.17, 15) is 10.2 Å². The molecule has 0 amide bonds. The molecule has 4 aliphatic carbocycles. The van der Waals surface area contributed by atoms with Crippen molar-refractivity contribution in [3.05, 3.63) is 106 Å². The third-order valence-electron chi connectivity index (χ3n) is 13.8. The molecule has 6 heterocycles. The molecule has 2 aromatic carbocycles. The Labute approximate surface area is 344 Å². The van der Waals surface area contributed by atoms with Gasteiger partial charge in [-0.05, 0) is 88.9 Å². The van der Waals surface area contributed by atoms with Crippen LogP contribution in [0.4, 0.5) is 11.6 Å². The summed E-state index contributed by atoms with van der Waals surface area (Å²) in [6, 6.07) is 16.9. The van der Waals surface area contributed by atoms with Crippen LogP contribution in [-0.2, 0) is 8.85 Å². The van der Waals surface area contributed by atoms with Gasteiger partial charge in [0.1, 0.15) is 29.5 Å². The Morgan fingerprint density at radius 3 is 1.90 bits per heavy atom. The summed E-state index contributed by atoms with van der Waals surface area (Å²) in [5.74, 6) is 5.40. The number of allylic oxidation sites excluding steroid dienone is 2. The molecule has 2 fully saturated rings. The van der Waals surface area contributed by atoms with Gasteiger partial charge in [-0.15, -0.1) is 0 Å². The minimum absolute atomic E-state index is 0.227. The van der Waals surface area contributed by atoms with Gasteiger partial charge >= 0.3 is 8.88 Å². The highest BCUT2D eigenvalue weighted by molar-refractivity contribution is 6.68. The van der Waals surface area contributed by atoms with Gasteiger partial charge in [0.2, 0.25) is 0 Å². The fourth-order valence-electron chi connectivity index (χ4n) is 10.6. The Morgan fingerprint density at radius 2 is 1.22 bits per heavy atom. The van der Waals surface area contributed by atoms with E-state index in [1.54, 1.807) is 0 Å². The van der Waals surface area contributed by atoms with Gasteiger partial charge in [0.05, 0.1) is 12.2 Å². The summed E-state index contributed by atoms with van der Waals surface area (Å²) in [5.41, 5.74) is 6.34. The molecule has 12 nitrogen and oxygen atoms in total. The van der Waals surface area contributed by atoms with Crippen LogP contribution in [0.2, 0.25) is 0 Å². The second kappa shape index (κ2) is 14.0. The van der Waals surface area contributed by atoms with E-state index in [0.29, 0.717) is 42.4 Å². The third kappa shape index (κ3) is 5.72. The lowest BCUT2D eigenvalue weighted by Crippen LogP contribution is -2.68. The molecule has 1 atom stereocenters. The van der Waals surface area contributed by atoms with Crippen LogP contribution >= 0.6 is 0 Å². The Kier molecular flexibility index (Phi) is 8.52. The number of aliphatic hydroxyl groups is 2. The topological polar surface area (TPSA) is 141 Å². The third-order valence-corrected chi connectivity index (χ3v) is 16.9. The first-order chi connectivity index (χ1) is 29.0. The van der Waals surface area contributed by atoms with Crippen molar-refractivity contribution >= 4 is 60.5 Å². The van der Waals surface area contributed by atoms with E-state index in [1.165, 1.54) is 0 Å². The second-order valence-corrected chi connectivity index (χ2v) is 20.0. The molecular formula is C46H48N8O4Si. The standard InChI is InChI=1S/C46H48N8O4Si/c55-29-21-17-27(18-22-29)25-57-59(58-26-28-19-23-30(56)24-20-28)53-43-35-13-5-6-14-36(35)45(53)51-41-33-11-3-4-12-34(33)42(48-41)52-46-38-16-8-7-15-37(38)44(54(46)59)50-40-32-10-2-1-9-31(32)39(47-40)49-43/h1,4-9,12-16,27-30,44,55-56H,2-3,10-11,17-26H2,(H,47,49,50)/b51-41-,52-46-. The van der Waals surface area contributed by atoms with E-state index in [0.717, 1.165) is 133 Å². The van der Waals surface area contributed by atoms with Gasteiger partial charge in [-0.3, -0.25) is 8.80 Å². The largest absolute Gasteiger partial charge is 0.599 e. The lowest BCUT2D eigenvalue weighted by atomic mass is 9.88. The summed E-state index contributed by atoms with van der Waals surface area (Å²) in [5, 5.41) is 27.0. The Balaban J connectivity index is 1.19. The van der Waals surface area contributed by atoms with Gasteiger partial charge in [-0.1, -0.05) is 72.8 Å². The molecule has 2 saturated carbocycles. The minimum Gasteiger partial charge on any atom is -0.393 e. The number of nitrogens with zero attached hydrogens (tertiary/aromatic N) is 7. The average molecular weight is 805 g/mol. The van der Waals surface area contributed by atoms with E-state index in [1.807, 2.05) is 0 Å². The molecule has 6 bridgehead atoms. The van der Waals surface area contributed by atoms with Gasteiger partial charge in [0.15, 0.2) is 17.5 Å². The van der Waals surface area contributed by atoms with Crippen molar-refractivity contribution in [2.24, 2.45) is 36.8 Å². The van der Waals surface area contributed by atoms with E-state index in [2.05, 4.69) is 86.9 Å². The molecule has 12 rings (SSSR count). The zero-order valence-electron chi connectivity index (χ0n) is 33.1. The van der Waals surface area contributed by atoms with Gasteiger partial charge in [-0.2, -0.15) is 0 Å². The molecule has 0 spiro atoms. The number of aliphatic imine (C=N–C) groups is 5. The maximum atomic E-state index is 10.6. The fraction of sp³-hybridized carbons (Fsp3) is 0.413. The van der Waals surface area contributed by atoms with Gasteiger partial charge in [-0.25, -0.2) is 25.0 Å². The molecule has 5 aliphatic heterocycles. The van der Waals surface area contributed by atoms with Crippen LogP contribution in [0.25, 0.3) is 10.8 Å². The van der Waals surface area contributed by atoms with Crippen molar-refractivity contribution < 1.29 is 19.1 Å². The summed E-state index contributed by atoms with van der Waals surface area (Å²) in [6.07, 6.45) is 17.7. The molecule has 0 saturated heterocycles. The first kappa shape index (κ1) is 35.9. The number of aliphatic hydroxyl groups excluding tert-OH is 2. The summed E-state index contributed by atoms with van der Waals surface area (Å²) < 4.78 is 20.2. The van der Waals surface area contributed by atoms with Crippen LogP contribution in [0.1, 0.15) is 94.3 Å².